The SMILES string of the molecule is Cc1ccc(-c2oncc2C(=O)N2CC[C@@H](c3cccnc3)C2)cc1.O=C(c1cnoc1-c1ccc(Br)cc1)N1CC[C@@H](c2cccnc2)C1.O=C(c1cnoc1-c1ccc(Br)cc1)N1CC[C@H](c2cccnc2)C1.O=C(c1cnoc1-c1ccc(Cl)cc1)N1CC[C@H](c2cccnc2)C1.O=C(c1cnoc1-c1ccccc1Cl)N1CCC(c2ccccc2)C1.O=C(c1cnoc1-c1ccccc1Cl)N1CCC(c2ccncc2)C1. The van der Waals surface area contributed by atoms with Crippen molar-refractivity contribution >= 4 is 102 Å². The van der Waals surface area contributed by atoms with E-state index in [2.05, 4.69) is 124 Å². The fraction of sp³-hybridized carbons (Fsp3) is 0.216. The minimum absolute atomic E-state index is 0.0248. The number of pyridine rings is 5. The number of nitrogens with zero attached hydrogens (tertiary/aromatic N) is 17. The van der Waals surface area contributed by atoms with Crippen molar-refractivity contribution in [2.75, 3.05) is 78.5 Å². The van der Waals surface area contributed by atoms with Gasteiger partial charge < -0.3 is 56.5 Å². The number of hydrogen-bond donors (Lipinski definition) is 0. The van der Waals surface area contributed by atoms with Crippen molar-refractivity contribution in [1.82, 2.24) is 85.3 Å². The molecule has 6 atom stereocenters. The summed E-state index contributed by atoms with van der Waals surface area (Å²) in [6, 6.07) is 75.3. The molecule has 756 valence electrons. The van der Waals surface area contributed by atoms with Crippen LogP contribution in [0.15, 0.2) is 372 Å². The van der Waals surface area contributed by atoms with E-state index in [1.54, 1.807) is 61.4 Å². The number of carbonyl (C=O) groups is 6. The van der Waals surface area contributed by atoms with Gasteiger partial charge in [-0.05, 0) is 212 Å². The van der Waals surface area contributed by atoms with E-state index < -0.39 is 0 Å². The van der Waals surface area contributed by atoms with Crippen LogP contribution in [0.5, 0.6) is 0 Å². The maximum absolute atomic E-state index is 13.0. The average molecular weight is 2190 g/mol. The van der Waals surface area contributed by atoms with Crippen LogP contribution in [-0.2, 0) is 0 Å². The summed E-state index contributed by atoms with van der Waals surface area (Å²) in [5, 5.41) is 24.7. The molecule has 0 spiro atoms. The van der Waals surface area contributed by atoms with Gasteiger partial charge in [-0.1, -0.05) is 206 Å². The number of aryl methyl sites for hydroxylation is 1. The topological polar surface area (TPSA) is 342 Å². The van der Waals surface area contributed by atoms with Gasteiger partial charge in [0.05, 0.1) is 47.2 Å². The molecule has 7 aromatic carbocycles. The Morgan fingerprint density at radius 3 is 0.773 bits per heavy atom. The smallest absolute Gasteiger partial charge is 0.259 e. The van der Waals surface area contributed by atoms with Crippen LogP contribution in [0.1, 0.15) is 175 Å². The van der Waals surface area contributed by atoms with E-state index in [4.69, 9.17) is 61.9 Å². The highest BCUT2D eigenvalue weighted by molar-refractivity contribution is 9.10. The van der Waals surface area contributed by atoms with Crippen LogP contribution >= 0.6 is 66.7 Å². The minimum Gasteiger partial charge on any atom is -0.355 e. The number of halogens is 5. The quantitative estimate of drug-likeness (QED) is 0.0770. The highest BCUT2D eigenvalue weighted by atomic mass is 79.9. The second-order valence-corrected chi connectivity index (χ2v) is 40.1. The molecule has 34 heteroatoms. The van der Waals surface area contributed by atoms with E-state index in [0.717, 1.165) is 101 Å². The highest BCUT2D eigenvalue weighted by Gasteiger charge is 2.39. The first kappa shape index (κ1) is 103. The maximum atomic E-state index is 13.0. The lowest BCUT2D eigenvalue weighted by Gasteiger charge is -2.16. The molecule has 11 aromatic heterocycles. The van der Waals surface area contributed by atoms with Crippen molar-refractivity contribution in [3.8, 4) is 67.9 Å². The Labute approximate surface area is 896 Å². The Morgan fingerprint density at radius 1 is 0.253 bits per heavy atom. The summed E-state index contributed by atoms with van der Waals surface area (Å²) >= 11 is 25.2. The van der Waals surface area contributed by atoms with E-state index in [1.165, 1.54) is 70.6 Å². The zero-order chi connectivity index (χ0) is 103. The fourth-order valence-corrected chi connectivity index (χ4v) is 20.6. The minimum atomic E-state index is -0.0762. The summed E-state index contributed by atoms with van der Waals surface area (Å²) in [5.74, 6) is 4.61. The number of amides is 6. The Bertz CT molecular complexity index is 6860. The zero-order valence-electron chi connectivity index (χ0n) is 81.3. The Morgan fingerprint density at radius 2 is 0.493 bits per heavy atom. The lowest BCUT2D eigenvalue weighted by Crippen LogP contribution is -2.28. The molecule has 6 saturated heterocycles. The van der Waals surface area contributed by atoms with E-state index in [-0.39, 0.29) is 35.4 Å². The number of likely N-dealkylation sites (tertiary alicyclic amines) is 6. The molecule has 6 amide bonds. The molecule has 2 unspecified atom stereocenters. The van der Waals surface area contributed by atoms with Gasteiger partial charge in [-0.2, -0.15) is 0 Å². The summed E-state index contributed by atoms with van der Waals surface area (Å²) in [6.45, 7) is 10.5. The molecule has 17 heterocycles. The normalized spacial score (nSPS) is 17.0. The van der Waals surface area contributed by atoms with Crippen molar-refractivity contribution in [2.24, 2.45) is 0 Å². The first-order valence-electron chi connectivity index (χ1n) is 49.2. The number of aromatic nitrogens is 11. The molecule has 0 bridgehead atoms. The fourth-order valence-electron chi connectivity index (χ4n) is 19.5. The number of benzene rings is 7. The third kappa shape index (κ3) is 24.6. The van der Waals surface area contributed by atoms with Crippen LogP contribution in [0.4, 0.5) is 0 Å². The second-order valence-electron chi connectivity index (χ2n) is 37.0. The molecule has 6 aliphatic rings. The zero-order valence-corrected chi connectivity index (χ0v) is 86.8. The van der Waals surface area contributed by atoms with Gasteiger partial charge in [0.1, 0.15) is 33.4 Å². The molecule has 29 nitrogen and oxygen atoms in total. The van der Waals surface area contributed by atoms with Crippen molar-refractivity contribution in [3.05, 3.63) is 432 Å². The molecule has 0 saturated carbocycles. The lowest BCUT2D eigenvalue weighted by molar-refractivity contribution is 0.0783. The van der Waals surface area contributed by atoms with Crippen LogP contribution in [0.3, 0.4) is 0 Å². The van der Waals surface area contributed by atoms with Crippen LogP contribution < -0.4 is 0 Å². The van der Waals surface area contributed by atoms with E-state index in [1.807, 2.05) is 237 Å². The van der Waals surface area contributed by atoms with Crippen molar-refractivity contribution in [1.29, 1.82) is 0 Å². The van der Waals surface area contributed by atoms with Crippen LogP contribution in [-0.4, -0.2) is 199 Å². The van der Waals surface area contributed by atoms with E-state index in [9.17, 15) is 28.8 Å². The summed E-state index contributed by atoms with van der Waals surface area (Å²) in [5.41, 5.74) is 16.0. The van der Waals surface area contributed by atoms with Crippen molar-refractivity contribution in [3.63, 3.8) is 0 Å². The van der Waals surface area contributed by atoms with Gasteiger partial charge in [0.15, 0.2) is 34.6 Å². The summed E-state index contributed by atoms with van der Waals surface area (Å²) < 4.78 is 34.1. The predicted molar refractivity (Wildman–Crippen MR) is 574 cm³/mol. The molecule has 0 N–H and O–H groups in total. The van der Waals surface area contributed by atoms with Gasteiger partial charge in [-0.15, -0.1) is 0 Å². The number of carbonyl (C=O) groups excluding carboxylic acids is 6. The van der Waals surface area contributed by atoms with Gasteiger partial charge in [-0.25, -0.2) is 0 Å². The van der Waals surface area contributed by atoms with Crippen LogP contribution in [0, 0.1) is 6.92 Å². The molecule has 24 rings (SSSR count). The maximum Gasteiger partial charge on any atom is 0.259 e. The van der Waals surface area contributed by atoms with Crippen LogP contribution in [0.25, 0.3) is 67.9 Å². The molecule has 18 aromatic rings. The molecule has 0 aliphatic carbocycles. The molecular formula is C116H100Br2Cl3N17O12. The second kappa shape index (κ2) is 48.9. The summed E-state index contributed by atoms with van der Waals surface area (Å²) in [7, 11) is 0. The first-order chi connectivity index (χ1) is 73.4. The van der Waals surface area contributed by atoms with E-state index in [0.29, 0.717) is 182 Å². The number of rotatable bonds is 18. The number of hydrogen-bond acceptors (Lipinski definition) is 23. The van der Waals surface area contributed by atoms with Gasteiger partial charge in [0, 0.05) is 223 Å². The van der Waals surface area contributed by atoms with Gasteiger partial charge in [-0.3, -0.25) is 53.7 Å². The molecule has 6 aliphatic heterocycles. The molecule has 0 radical (unpaired) electrons. The Balaban J connectivity index is 0.000000113. The standard InChI is InChI=1S/C20H17ClN2O2.C20H19N3O2.2C19H16BrN3O2.2C19H16ClN3O2/c21-18-9-5-4-8-16(18)19-17(12-22-25-19)20(24)23-11-10-15(13-23)14-6-2-1-3-7-14;1-14-4-6-15(7-5-14)19-18(12-22-25-19)20(24)23-10-8-17(13-23)16-3-2-9-21-11-16;3*20-16-5-3-13(4-6-16)18-17(11-22-25-18)19(24)23-9-7-15(12-23)14-2-1-8-21-10-14;20-17-4-2-1-3-15(17)18-16(11-22-25-18)19(24)23-10-7-14(12-23)13-5-8-21-9-6-13/h1-9,12,15H,10-11,13H2;2-7,9,11-12,17H,8,10,13H2,1H3;3*1-6,8,10-11,15H,7,9,12H2;1-6,8-9,11,14H,7,10,12H2/t;17-;3*15-;/m.1100./s1. The third-order valence-electron chi connectivity index (χ3n) is 27.6. The monoisotopic (exact) mass is 2190 g/mol. The first-order valence-corrected chi connectivity index (χ1v) is 51.9. The van der Waals surface area contributed by atoms with E-state index >= 15 is 0 Å². The largest absolute Gasteiger partial charge is 0.355 e. The Hall–Kier alpha value is -15.8. The molecule has 150 heavy (non-hydrogen) atoms. The third-order valence-corrected chi connectivity index (χ3v) is 29.6. The molecular weight excluding hydrogens is 2090 g/mol. The summed E-state index contributed by atoms with van der Waals surface area (Å²) in [6.07, 6.45) is 32.8. The molecule has 6 fully saturated rings. The predicted octanol–water partition coefficient (Wildman–Crippen LogP) is 24.6. The lowest BCUT2D eigenvalue weighted by atomic mass is 9.99. The highest BCUT2D eigenvalue weighted by Crippen LogP contribution is 2.41. The Kier molecular flexibility index (Phi) is 33.5. The van der Waals surface area contributed by atoms with Gasteiger partial charge in [0.25, 0.3) is 35.4 Å². The summed E-state index contributed by atoms with van der Waals surface area (Å²) in [4.78, 5) is 110. The van der Waals surface area contributed by atoms with Crippen molar-refractivity contribution in [2.45, 2.75) is 81.0 Å². The average Bonchev–Trinajstić information content (AvgIpc) is 1.68. The van der Waals surface area contributed by atoms with Crippen molar-refractivity contribution < 1.29 is 55.9 Å². The van der Waals surface area contributed by atoms with Crippen LogP contribution in [0.2, 0.25) is 15.1 Å². The van der Waals surface area contributed by atoms with Gasteiger partial charge in [0.2, 0.25) is 0 Å². The van der Waals surface area contributed by atoms with Gasteiger partial charge >= 0.3 is 0 Å².